The Morgan fingerprint density at radius 2 is 2.08 bits per heavy atom. The normalized spacial score (nSPS) is 10.9. The molecule has 8 heteroatoms. The van der Waals surface area contributed by atoms with Gasteiger partial charge in [0.1, 0.15) is 18.2 Å². The number of carbonyl (C=O) groups is 1. The Kier molecular flexibility index (Phi) is 5.72. The zero-order valence-corrected chi connectivity index (χ0v) is 15.8. The van der Waals surface area contributed by atoms with Gasteiger partial charge in [-0.15, -0.1) is 10.2 Å². The smallest absolute Gasteiger partial charge is 0.230 e. The van der Waals surface area contributed by atoms with Gasteiger partial charge in [0.2, 0.25) is 5.91 Å². The minimum Gasteiger partial charge on any atom is -0.492 e. The van der Waals surface area contributed by atoms with Crippen LogP contribution in [0, 0.1) is 20.8 Å². The fraction of sp³-hybridized carbons (Fsp3) is 0.333. The molecule has 0 fully saturated rings. The Morgan fingerprint density at radius 3 is 2.88 bits per heavy atom. The second kappa shape index (κ2) is 8.18. The Balaban J connectivity index is 1.46. The quantitative estimate of drug-likeness (QED) is 0.507. The van der Waals surface area contributed by atoms with Gasteiger partial charge in [-0.05, 0) is 38.5 Å². The molecule has 1 amide bonds. The maximum absolute atomic E-state index is 12.0. The van der Waals surface area contributed by atoms with E-state index in [1.54, 1.807) is 0 Å². The summed E-state index contributed by atoms with van der Waals surface area (Å²) in [6.45, 7) is 6.71. The van der Waals surface area contributed by atoms with Crippen LogP contribution in [0.4, 0.5) is 0 Å². The summed E-state index contributed by atoms with van der Waals surface area (Å²) in [7, 11) is 0. The molecule has 0 radical (unpaired) electrons. The number of carbonyl (C=O) groups excluding carboxylic acids is 1. The molecule has 7 nitrogen and oxygen atoms in total. The maximum Gasteiger partial charge on any atom is 0.230 e. The van der Waals surface area contributed by atoms with Crippen molar-refractivity contribution in [3.05, 3.63) is 47.4 Å². The lowest BCUT2D eigenvalue weighted by Gasteiger charge is -2.08. The molecule has 3 rings (SSSR count). The van der Waals surface area contributed by atoms with Crippen molar-refractivity contribution in [1.82, 2.24) is 24.9 Å². The molecular weight excluding hydrogens is 350 g/mol. The van der Waals surface area contributed by atoms with Gasteiger partial charge >= 0.3 is 0 Å². The van der Waals surface area contributed by atoms with Crippen LogP contribution >= 0.6 is 11.8 Å². The van der Waals surface area contributed by atoms with Crippen molar-refractivity contribution in [2.24, 2.45) is 0 Å². The lowest BCUT2D eigenvalue weighted by atomic mass is 10.2. The van der Waals surface area contributed by atoms with Crippen molar-refractivity contribution in [3.8, 4) is 5.75 Å². The lowest BCUT2D eigenvalue weighted by molar-refractivity contribution is -0.118. The highest BCUT2D eigenvalue weighted by Gasteiger charge is 2.11. The van der Waals surface area contributed by atoms with Crippen molar-refractivity contribution in [2.45, 2.75) is 25.9 Å². The Morgan fingerprint density at radius 1 is 1.23 bits per heavy atom. The van der Waals surface area contributed by atoms with Gasteiger partial charge in [0.05, 0.1) is 12.3 Å². The Labute approximate surface area is 156 Å². The third-order valence-corrected chi connectivity index (χ3v) is 4.60. The van der Waals surface area contributed by atoms with Gasteiger partial charge in [0, 0.05) is 11.8 Å². The first-order valence-corrected chi connectivity index (χ1v) is 9.30. The summed E-state index contributed by atoms with van der Waals surface area (Å²) in [4.78, 5) is 16.4. The van der Waals surface area contributed by atoms with Gasteiger partial charge < -0.3 is 10.1 Å². The van der Waals surface area contributed by atoms with Gasteiger partial charge in [-0.2, -0.15) is 0 Å². The average Bonchev–Trinajstić information content (AvgIpc) is 3.00. The molecule has 0 aliphatic carbocycles. The highest BCUT2D eigenvalue weighted by molar-refractivity contribution is 7.99. The predicted molar refractivity (Wildman–Crippen MR) is 101 cm³/mol. The van der Waals surface area contributed by atoms with Crippen LogP contribution in [0.1, 0.15) is 17.1 Å². The molecule has 2 heterocycles. The van der Waals surface area contributed by atoms with Gasteiger partial charge in [-0.25, -0.2) is 4.98 Å². The number of benzene rings is 1. The number of ether oxygens (including phenoxy) is 1. The van der Waals surface area contributed by atoms with Gasteiger partial charge in [0.25, 0.3) is 0 Å². The number of aryl methyl sites for hydroxylation is 3. The number of fused-ring (bicyclic) bond motifs is 1. The zero-order valence-electron chi connectivity index (χ0n) is 15.0. The van der Waals surface area contributed by atoms with E-state index in [1.807, 2.05) is 55.5 Å². The van der Waals surface area contributed by atoms with Crippen molar-refractivity contribution in [1.29, 1.82) is 0 Å². The number of rotatable bonds is 7. The largest absolute Gasteiger partial charge is 0.492 e. The molecule has 0 saturated heterocycles. The average molecular weight is 371 g/mol. The van der Waals surface area contributed by atoms with E-state index in [0.717, 1.165) is 28.5 Å². The molecule has 0 saturated carbocycles. The fourth-order valence-electron chi connectivity index (χ4n) is 2.54. The van der Waals surface area contributed by atoms with Gasteiger partial charge in [-0.1, -0.05) is 23.9 Å². The van der Waals surface area contributed by atoms with E-state index < -0.39 is 0 Å². The number of nitrogens with one attached hydrogen (secondary N) is 1. The molecule has 0 bridgehead atoms. The first kappa shape index (κ1) is 18.2. The van der Waals surface area contributed by atoms with Crippen molar-refractivity contribution < 1.29 is 9.53 Å². The molecule has 1 N–H and O–H groups in total. The van der Waals surface area contributed by atoms with Crippen LogP contribution in [0.15, 0.2) is 35.5 Å². The maximum atomic E-state index is 12.0. The van der Waals surface area contributed by atoms with Crippen LogP contribution in [-0.2, 0) is 4.79 Å². The lowest BCUT2D eigenvalue weighted by Crippen LogP contribution is -2.29. The molecule has 0 aliphatic heterocycles. The third kappa shape index (κ3) is 4.51. The number of hydrogen-bond donors (Lipinski definition) is 1. The molecule has 2 aromatic heterocycles. The first-order chi connectivity index (χ1) is 12.5. The van der Waals surface area contributed by atoms with Gasteiger partial charge in [0.15, 0.2) is 10.8 Å². The van der Waals surface area contributed by atoms with E-state index in [0.29, 0.717) is 18.3 Å². The molecule has 0 aliphatic rings. The SMILES string of the molecule is Cc1cccc(OCCNC(=O)CSc2nnc3cc(C)nc(C)n23)c1. The fourth-order valence-corrected chi connectivity index (χ4v) is 3.36. The number of aromatic nitrogens is 4. The Hall–Kier alpha value is -2.61. The van der Waals surface area contributed by atoms with Gasteiger partial charge in [-0.3, -0.25) is 9.20 Å². The summed E-state index contributed by atoms with van der Waals surface area (Å²) in [5, 5.41) is 11.8. The minimum atomic E-state index is -0.0719. The molecule has 26 heavy (non-hydrogen) atoms. The van der Waals surface area contributed by atoms with Crippen LogP contribution in [0.2, 0.25) is 0 Å². The standard InChI is InChI=1S/C18H21N5O2S/c1-12-5-4-6-15(9-12)25-8-7-19-17(24)11-26-18-22-21-16-10-13(2)20-14(3)23(16)18/h4-6,9-10H,7-8,11H2,1-3H3,(H,19,24). The molecule has 0 spiro atoms. The number of nitrogens with zero attached hydrogens (tertiary/aromatic N) is 4. The van der Waals surface area contributed by atoms with E-state index in [1.165, 1.54) is 11.8 Å². The van der Waals surface area contributed by atoms with E-state index in [9.17, 15) is 4.79 Å². The Bertz CT molecular complexity index is 925. The van der Waals surface area contributed by atoms with Crippen LogP contribution in [-0.4, -0.2) is 44.4 Å². The van der Waals surface area contributed by atoms with E-state index >= 15 is 0 Å². The zero-order chi connectivity index (χ0) is 18.5. The summed E-state index contributed by atoms with van der Waals surface area (Å²) in [5.41, 5.74) is 2.78. The summed E-state index contributed by atoms with van der Waals surface area (Å²) >= 11 is 1.34. The van der Waals surface area contributed by atoms with Crippen molar-refractivity contribution >= 4 is 23.3 Å². The van der Waals surface area contributed by atoms with Crippen molar-refractivity contribution in [2.75, 3.05) is 18.9 Å². The summed E-state index contributed by atoms with van der Waals surface area (Å²) in [5.74, 6) is 1.80. The van der Waals surface area contributed by atoms with E-state index in [2.05, 4.69) is 20.5 Å². The molecule has 136 valence electrons. The predicted octanol–water partition coefficient (Wildman–Crippen LogP) is 2.34. The van der Waals surface area contributed by atoms with Crippen molar-refractivity contribution in [3.63, 3.8) is 0 Å². The monoisotopic (exact) mass is 371 g/mol. The second-order valence-electron chi connectivity index (χ2n) is 5.92. The molecular formula is C18H21N5O2S. The van der Waals surface area contributed by atoms with Crippen LogP contribution in [0.5, 0.6) is 5.75 Å². The topological polar surface area (TPSA) is 81.4 Å². The molecule has 1 aromatic carbocycles. The number of hydrogen-bond acceptors (Lipinski definition) is 6. The minimum absolute atomic E-state index is 0.0719. The second-order valence-corrected chi connectivity index (χ2v) is 6.87. The molecule has 0 unspecified atom stereocenters. The summed E-state index contributed by atoms with van der Waals surface area (Å²) in [6, 6.07) is 9.69. The molecule has 3 aromatic rings. The number of thioether (sulfide) groups is 1. The van der Waals surface area contributed by atoms with E-state index in [4.69, 9.17) is 4.74 Å². The third-order valence-electron chi connectivity index (χ3n) is 3.67. The summed E-state index contributed by atoms with van der Waals surface area (Å²) in [6.07, 6.45) is 0. The summed E-state index contributed by atoms with van der Waals surface area (Å²) < 4.78 is 7.47. The van der Waals surface area contributed by atoms with E-state index in [-0.39, 0.29) is 11.7 Å². The first-order valence-electron chi connectivity index (χ1n) is 8.31. The van der Waals surface area contributed by atoms with Crippen LogP contribution < -0.4 is 10.1 Å². The highest BCUT2D eigenvalue weighted by Crippen LogP contribution is 2.18. The molecule has 0 atom stereocenters. The van der Waals surface area contributed by atoms with Crippen LogP contribution in [0.3, 0.4) is 0 Å². The number of amides is 1. The highest BCUT2D eigenvalue weighted by atomic mass is 32.2. The van der Waals surface area contributed by atoms with Crippen LogP contribution in [0.25, 0.3) is 5.65 Å².